The highest BCUT2D eigenvalue weighted by Gasteiger charge is 2.09. The number of hydrogen-bond donors (Lipinski definition) is 2. The van der Waals surface area contributed by atoms with Gasteiger partial charge in [-0.3, -0.25) is 0 Å². The Kier molecular flexibility index (Phi) is 4.09. The first-order valence-electron chi connectivity index (χ1n) is 5.82. The maximum atomic E-state index is 5.91. The Hall–Kier alpha value is -2.70. The first-order chi connectivity index (χ1) is 9.67. The van der Waals surface area contributed by atoms with Crippen molar-refractivity contribution in [2.75, 3.05) is 32.4 Å². The highest BCUT2D eigenvalue weighted by atomic mass is 16.5. The lowest BCUT2D eigenvalue weighted by Gasteiger charge is -2.12. The highest BCUT2D eigenvalue weighted by Crippen LogP contribution is 2.31. The van der Waals surface area contributed by atoms with E-state index < -0.39 is 0 Å². The Morgan fingerprint density at radius 1 is 0.950 bits per heavy atom. The lowest BCUT2D eigenvalue weighted by atomic mass is 10.2. The molecule has 0 saturated heterocycles. The minimum atomic E-state index is 0.317. The number of methoxy groups -OCH3 is 3. The molecule has 7 heteroatoms. The Balaban J connectivity index is 2.34. The van der Waals surface area contributed by atoms with Crippen LogP contribution in [0.4, 0.5) is 17.2 Å². The van der Waals surface area contributed by atoms with Crippen molar-refractivity contribution in [3.8, 4) is 17.4 Å². The minimum absolute atomic E-state index is 0.317. The Labute approximate surface area is 116 Å². The molecular formula is C13H16N4O3. The van der Waals surface area contributed by atoms with E-state index in [1.54, 1.807) is 32.4 Å². The number of benzene rings is 1. The molecule has 0 fully saturated rings. The number of anilines is 3. The number of nitrogens with zero attached hydrogens (tertiary/aromatic N) is 2. The summed E-state index contributed by atoms with van der Waals surface area (Å²) in [5.41, 5.74) is 6.97. The van der Waals surface area contributed by atoms with E-state index in [1.165, 1.54) is 13.4 Å². The van der Waals surface area contributed by atoms with Crippen LogP contribution in [0, 0.1) is 0 Å². The van der Waals surface area contributed by atoms with E-state index in [4.69, 9.17) is 19.9 Å². The summed E-state index contributed by atoms with van der Waals surface area (Å²) in [5, 5.41) is 3.08. The number of nitrogens with two attached hydrogens (primary N) is 1. The quantitative estimate of drug-likeness (QED) is 0.860. The van der Waals surface area contributed by atoms with E-state index >= 15 is 0 Å². The zero-order valence-electron chi connectivity index (χ0n) is 11.5. The number of aromatic nitrogens is 2. The number of nitrogen functional groups attached to an aromatic ring is 1. The van der Waals surface area contributed by atoms with Crippen molar-refractivity contribution in [3.05, 3.63) is 24.5 Å². The summed E-state index contributed by atoms with van der Waals surface area (Å²) in [5.74, 6) is 2.09. The largest absolute Gasteiger partial charge is 0.497 e. The average molecular weight is 276 g/mol. The van der Waals surface area contributed by atoms with Crippen LogP contribution in [0.2, 0.25) is 0 Å². The van der Waals surface area contributed by atoms with Gasteiger partial charge in [0.05, 0.1) is 21.3 Å². The van der Waals surface area contributed by atoms with E-state index in [0.717, 1.165) is 5.69 Å². The van der Waals surface area contributed by atoms with Gasteiger partial charge in [0.1, 0.15) is 23.5 Å². The molecule has 0 amide bonds. The first kappa shape index (κ1) is 13.7. The SMILES string of the molecule is COc1cc(Nc2ncnc(OC)c2N)cc(OC)c1. The Morgan fingerprint density at radius 2 is 1.60 bits per heavy atom. The third-order valence-corrected chi connectivity index (χ3v) is 2.65. The maximum Gasteiger partial charge on any atom is 0.242 e. The molecule has 0 aliphatic heterocycles. The number of ether oxygens (including phenoxy) is 3. The second kappa shape index (κ2) is 5.96. The van der Waals surface area contributed by atoms with E-state index in [0.29, 0.717) is 28.9 Å². The van der Waals surface area contributed by atoms with Crippen LogP contribution < -0.4 is 25.3 Å². The lowest BCUT2D eigenvalue weighted by molar-refractivity contribution is 0.395. The third-order valence-electron chi connectivity index (χ3n) is 2.65. The highest BCUT2D eigenvalue weighted by molar-refractivity contribution is 5.73. The molecule has 1 aromatic heterocycles. The molecule has 0 spiro atoms. The summed E-state index contributed by atoms with van der Waals surface area (Å²) in [7, 11) is 4.66. The van der Waals surface area contributed by atoms with Gasteiger partial charge in [0.2, 0.25) is 5.88 Å². The topological polar surface area (TPSA) is 91.5 Å². The standard InChI is InChI=1S/C13H16N4O3/c1-18-9-4-8(5-10(6-9)19-2)17-12-11(14)13(20-3)16-7-15-12/h4-7H,14H2,1-3H3,(H,15,16,17). The molecule has 0 unspecified atom stereocenters. The summed E-state index contributed by atoms with van der Waals surface area (Å²) in [6.45, 7) is 0. The van der Waals surface area contributed by atoms with Crippen LogP contribution in [0.5, 0.6) is 17.4 Å². The van der Waals surface area contributed by atoms with Gasteiger partial charge in [-0.2, -0.15) is 4.98 Å². The van der Waals surface area contributed by atoms with Gasteiger partial charge in [-0.1, -0.05) is 0 Å². The molecule has 0 aliphatic rings. The van der Waals surface area contributed by atoms with E-state index in [-0.39, 0.29) is 0 Å². The zero-order chi connectivity index (χ0) is 14.5. The van der Waals surface area contributed by atoms with Crippen molar-refractivity contribution in [2.45, 2.75) is 0 Å². The van der Waals surface area contributed by atoms with Crippen molar-refractivity contribution >= 4 is 17.2 Å². The smallest absolute Gasteiger partial charge is 0.242 e. The van der Waals surface area contributed by atoms with Gasteiger partial charge in [0, 0.05) is 23.9 Å². The van der Waals surface area contributed by atoms with E-state index in [1.807, 2.05) is 0 Å². The molecular weight excluding hydrogens is 260 g/mol. The number of nitrogens with one attached hydrogen (secondary N) is 1. The van der Waals surface area contributed by atoms with Crippen LogP contribution >= 0.6 is 0 Å². The second-order valence-corrected chi connectivity index (χ2v) is 3.87. The van der Waals surface area contributed by atoms with Crippen LogP contribution in [-0.2, 0) is 0 Å². The normalized spacial score (nSPS) is 9.95. The molecule has 0 bridgehead atoms. The summed E-state index contributed by atoms with van der Waals surface area (Å²) in [6, 6.07) is 5.38. The number of rotatable bonds is 5. The molecule has 0 atom stereocenters. The molecule has 106 valence electrons. The summed E-state index contributed by atoms with van der Waals surface area (Å²) in [6.07, 6.45) is 1.37. The van der Waals surface area contributed by atoms with Crippen LogP contribution in [0.1, 0.15) is 0 Å². The van der Waals surface area contributed by atoms with Crippen LogP contribution in [-0.4, -0.2) is 31.3 Å². The van der Waals surface area contributed by atoms with Crippen molar-refractivity contribution in [1.82, 2.24) is 9.97 Å². The van der Waals surface area contributed by atoms with Gasteiger partial charge in [0.15, 0.2) is 5.82 Å². The first-order valence-corrected chi connectivity index (χ1v) is 5.82. The maximum absolute atomic E-state index is 5.91. The van der Waals surface area contributed by atoms with Gasteiger partial charge in [-0.15, -0.1) is 0 Å². The van der Waals surface area contributed by atoms with Crippen LogP contribution in [0.15, 0.2) is 24.5 Å². The molecule has 0 radical (unpaired) electrons. The molecule has 3 N–H and O–H groups in total. The van der Waals surface area contributed by atoms with E-state index in [9.17, 15) is 0 Å². The molecule has 7 nitrogen and oxygen atoms in total. The van der Waals surface area contributed by atoms with Crippen molar-refractivity contribution < 1.29 is 14.2 Å². The molecule has 1 aromatic carbocycles. The molecule has 2 aromatic rings. The predicted octanol–water partition coefficient (Wildman–Crippen LogP) is 1.83. The predicted molar refractivity (Wildman–Crippen MR) is 75.8 cm³/mol. The third kappa shape index (κ3) is 2.82. The summed E-state index contributed by atoms with van der Waals surface area (Å²) >= 11 is 0. The fourth-order valence-corrected chi connectivity index (χ4v) is 1.66. The molecule has 1 heterocycles. The average Bonchev–Trinajstić information content (AvgIpc) is 2.49. The zero-order valence-corrected chi connectivity index (χ0v) is 11.5. The second-order valence-electron chi connectivity index (χ2n) is 3.87. The van der Waals surface area contributed by atoms with Crippen molar-refractivity contribution in [3.63, 3.8) is 0 Å². The number of hydrogen-bond acceptors (Lipinski definition) is 7. The van der Waals surface area contributed by atoms with Gasteiger partial charge >= 0.3 is 0 Å². The fraction of sp³-hybridized carbons (Fsp3) is 0.231. The molecule has 0 saturated carbocycles. The monoisotopic (exact) mass is 276 g/mol. The van der Waals surface area contributed by atoms with Crippen LogP contribution in [0.3, 0.4) is 0 Å². The van der Waals surface area contributed by atoms with Gasteiger partial charge in [-0.05, 0) is 0 Å². The van der Waals surface area contributed by atoms with Gasteiger partial charge in [-0.25, -0.2) is 4.98 Å². The molecule has 2 rings (SSSR count). The fourth-order valence-electron chi connectivity index (χ4n) is 1.66. The molecule has 0 aliphatic carbocycles. The summed E-state index contributed by atoms with van der Waals surface area (Å²) < 4.78 is 15.5. The Bertz CT molecular complexity index is 582. The lowest BCUT2D eigenvalue weighted by Crippen LogP contribution is -2.03. The summed E-state index contributed by atoms with van der Waals surface area (Å²) in [4.78, 5) is 8.00. The van der Waals surface area contributed by atoms with Gasteiger partial charge < -0.3 is 25.3 Å². The van der Waals surface area contributed by atoms with Crippen LogP contribution in [0.25, 0.3) is 0 Å². The minimum Gasteiger partial charge on any atom is -0.497 e. The molecule has 20 heavy (non-hydrogen) atoms. The van der Waals surface area contributed by atoms with Crippen molar-refractivity contribution in [2.24, 2.45) is 0 Å². The van der Waals surface area contributed by atoms with E-state index in [2.05, 4.69) is 15.3 Å². The van der Waals surface area contributed by atoms with Gasteiger partial charge in [0.25, 0.3) is 0 Å². The Morgan fingerprint density at radius 3 is 2.15 bits per heavy atom. The van der Waals surface area contributed by atoms with Crippen molar-refractivity contribution in [1.29, 1.82) is 0 Å².